The van der Waals surface area contributed by atoms with Gasteiger partial charge >= 0.3 is 0 Å². The predicted molar refractivity (Wildman–Crippen MR) is 100.0 cm³/mol. The highest BCUT2D eigenvalue weighted by Crippen LogP contribution is 2.28. The molecule has 0 N–H and O–H groups in total. The molecule has 1 fully saturated rings. The van der Waals surface area contributed by atoms with Crippen molar-refractivity contribution in [3.8, 4) is 0 Å². The molecule has 1 saturated heterocycles. The van der Waals surface area contributed by atoms with Gasteiger partial charge in [-0.25, -0.2) is 0 Å². The fourth-order valence-corrected chi connectivity index (χ4v) is 4.21. The van der Waals surface area contributed by atoms with Crippen molar-refractivity contribution in [2.45, 2.75) is 30.6 Å². The van der Waals surface area contributed by atoms with Gasteiger partial charge in [0.2, 0.25) is 5.91 Å². The number of likely N-dealkylation sites (tertiary alicyclic amines) is 1. The van der Waals surface area contributed by atoms with Crippen LogP contribution in [0.25, 0.3) is 10.9 Å². The molecule has 0 atom stereocenters. The maximum Gasteiger partial charge on any atom is 0.251 e. The summed E-state index contributed by atoms with van der Waals surface area (Å²) in [5.74, 6) is 0.523. The number of benzene rings is 1. The van der Waals surface area contributed by atoms with Crippen LogP contribution in [0.5, 0.6) is 0 Å². The summed E-state index contributed by atoms with van der Waals surface area (Å²) < 4.78 is 1.59. The zero-order chi connectivity index (χ0) is 17.1. The number of hydrogen-bond donors (Lipinski definition) is 0. The zero-order valence-corrected chi connectivity index (χ0v) is 15.3. The number of aryl methyl sites for hydroxylation is 1. The summed E-state index contributed by atoms with van der Waals surface area (Å²) in [5.41, 5.74) is 0.703. The number of rotatable bonds is 3. The van der Waals surface area contributed by atoms with E-state index in [1.54, 1.807) is 23.7 Å². The van der Waals surface area contributed by atoms with Crippen molar-refractivity contribution in [2.75, 3.05) is 18.8 Å². The lowest BCUT2D eigenvalue weighted by atomic mass is 10.2. The molecule has 2 aromatic rings. The van der Waals surface area contributed by atoms with Crippen molar-refractivity contribution in [2.24, 2.45) is 7.05 Å². The molecule has 1 aromatic heterocycles. The van der Waals surface area contributed by atoms with E-state index >= 15 is 0 Å². The molecule has 0 spiro atoms. The lowest BCUT2D eigenvalue weighted by molar-refractivity contribution is -0.128. The van der Waals surface area contributed by atoms with Gasteiger partial charge in [0.1, 0.15) is 0 Å². The third-order valence-electron chi connectivity index (χ3n) is 4.48. The van der Waals surface area contributed by atoms with Crippen molar-refractivity contribution >= 4 is 40.2 Å². The molecule has 24 heavy (non-hydrogen) atoms. The fraction of sp³-hybridized carbons (Fsp3) is 0.444. The summed E-state index contributed by atoms with van der Waals surface area (Å²) in [6.45, 7) is 1.71. The Labute approximate surface area is 150 Å². The Kier molecular flexibility index (Phi) is 5.51. The third-order valence-corrected chi connectivity index (χ3v) is 5.76. The quantitative estimate of drug-likeness (QED) is 0.780. The second kappa shape index (κ2) is 7.62. The minimum Gasteiger partial charge on any atom is -0.342 e. The Hall–Kier alpha value is -1.46. The largest absolute Gasteiger partial charge is 0.342 e. The normalized spacial score (nSPS) is 15.5. The number of thioether (sulfide) groups is 1. The van der Waals surface area contributed by atoms with Gasteiger partial charge < -0.3 is 9.47 Å². The second-order valence-electron chi connectivity index (χ2n) is 6.15. The molecule has 0 unspecified atom stereocenters. The molecule has 0 saturated carbocycles. The number of hydrogen-bond acceptors (Lipinski definition) is 3. The van der Waals surface area contributed by atoms with Crippen LogP contribution in [-0.4, -0.2) is 34.2 Å². The number of nitrogens with zero attached hydrogens (tertiary/aromatic N) is 2. The van der Waals surface area contributed by atoms with E-state index in [0.717, 1.165) is 41.7 Å². The second-order valence-corrected chi connectivity index (χ2v) is 7.60. The molecule has 3 rings (SSSR count). The monoisotopic (exact) mass is 364 g/mol. The van der Waals surface area contributed by atoms with Crippen LogP contribution in [0.4, 0.5) is 0 Å². The average molecular weight is 365 g/mol. The number of halogens is 1. The Morgan fingerprint density at radius 3 is 2.58 bits per heavy atom. The number of amides is 1. The Balaban J connectivity index is 1.81. The van der Waals surface area contributed by atoms with E-state index in [4.69, 9.17) is 11.6 Å². The highest BCUT2D eigenvalue weighted by atomic mass is 35.5. The summed E-state index contributed by atoms with van der Waals surface area (Å²) in [4.78, 5) is 27.4. The van der Waals surface area contributed by atoms with E-state index < -0.39 is 0 Å². The standard InChI is InChI=1S/C18H21ClN2O2S/c1-20-15-10-13(19)6-7-14(15)16(11-17(20)22)24-12-18(23)21-8-4-2-3-5-9-21/h6-7,10-11H,2-5,8-9,12H2,1H3. The SMILES string of the molecule is Cn1c(=O)cc(SCC(=O)N2CCCCCC2)c2ccc(Cl)cc21. The molecule has 2 heterocycles. The number of fused-ring (bicyclic) bond motifs is 1. The highest BCUT2D eigenvalue weighted by molar-refractivity contribution is 8.00. The lowest BCUT2D eigenvalue weighted by Gasteiger charge is -2.20. The maximum atomic E-state index is 12.5. The molecule has 1 amide bonds. The topological polar surface area (TPSA) is 42.3 Å². The lowest BCUT2D eigenvalue weighted by Crippen LogP contribution is -2.33. The zero-order valence-electron chi connectivity index (χ0n) is 13.8. The van der Waals surface area contributed by atoms with Crippen molar-refractivity contribution < 1.29 is 4.79 Å². The molecule has 0 bridgehead atoms. The minimum absolute atomic E-state index is 0.0884. The van der Waals surface area contributed by atoms with Crippen LogP contribution in [-0.2, 0) is 11.8 Å². The molecular formula is C18H21ClN2O2S. The van der Waals surface area contributed by atoms with Crippen LogP contribution < -0.4 is 5.56 Å². The average Bonchev–Trinajstić information content (AvgIpc) is 2.86. The first-order valence-corrected chi connectivity index (χ1v) is 9.62. The number of pyridine rings is 1. The van der Waals surface area contributed by atoms with Gasteiger partial charge in [-0.3, -0.25) is 9.59 Å². The molecular weight excluding hydrogens is 344 g/mol. The molecule has 0 radical (unpaired) electrons. The van der Waals surface area contributed by atoms with Gasteiger partial charge in [0.15, 0.2) is 0 Å². The van der Waals surface area contributed by atoms with E-state index in [-0.39, 0.29) is 11.5 Å². The summed E-state index contributed by atoms with van der Waals surface area (Å²) in [6, 6.07) is 7.13. The van der Waals surface area contributed by atoms with Crippen LogP contribution in [0, 0.1) is 0 Å². The number of carbonyl (C=O) groups excluding carboxylic acids is 1. The van der Waals surface area contributed by atoms with E-state index in [1.807, 2.05) is 17.0 Å². The van der Waals surface area contributed by atoms with Gasteiger partial charge in [0, 0.05) is 41.5 Å². The molecule has 6 heteroatoms. The van der Waals surface area contributed by atoms with Crippen molar-refractivity contribution in [1.29, 1.82) is 0 Å². The fourth-order valence-electron chi connectivity index (χ4n) is 3.07. The van der Waals surface area contributed by atoms with E-state index in [9.17, 15) is 9.59 Å². The van der Waals surface area contributed by atoms with Gasteiger partial charge in [-0.15, -0.1) is 11.8 Å². The molecule has 128 valence electrons. The van der Waals surface area contributed by atoms with E-state index in [0.29, 0.717) is 10.8 Å². The van der Waals surface area contributed by atoms with Crippen LogP contribution in [0.3, 0.4) is 0 Å². The highest BCUT2D eigenvalue weighted by Gasteiger charge is 2.16. The predicted octanol–water partition coefficient (Wildman–Crippen LogP) is 3.69. The van der Waals surface area contributed by atoms with E-state index in [1.165, 1.54) is 24.6 Å². The van der Waals surface area contributed by atoms with Crippen LogP contribution in [0.1, 0.15) is 25.7 Å². The smallest absolute Gasteiger partial charge is 0.251 e. The number of aromatic nitrogens is 1. The third kappa shape index (κ3) is 3.78. The summed E-state index contributed by atoms with van der Waals surface area (Å²) in [5, 5.41) is 1.55. The van der Waals surface area contributed by atoms with Gasteiger partial charge in [0.05, 0.1) is 11.3 Å². The molecule has 4 nitrogen and oxygen atoms in total. The Morgan fingerprint density at radius 1 is 1.17 bits per heavy atom. The summed E-state index contributed by atoms with van der Waals surface area (Å²) >= 11 is 7.50. The van der Waals surface area contributed by atoms with E-state index in [2.05, 4.69) is 0 Å². The Morgan fingerprint density at radius 2 is 1.88 bits per heavy atom. The van der Waals surface area contributed by atoms with Crippen molar-refractivity contribution in [3.63, 3.8) is 0 Å². The van der Waals surface area contributed by atoms with Gasteiger partial charge in [-0.1, -0.05) is 30.5 Å². The van der Waals surface area contributed by atoms with Crippen LogP contribution in [0.2, 0.25) is 5.02 Å². The van der Waals surface area contributed by atoms with Crippen molar-refractivity contribution in [3.05, 3.63) is 39.6 Å². The van der Waals surface area contributed by atoms with Crippen LogP contribution >= 0.6 is 23.4 Å². The van der Waals surface area contributed by atoms with Gasteiger partial charge in [0.25, 0.3) is 5.56 Å². The van der Waals surface area contributed by atoms with Gasteiger partial charge in [-0.05, 0) is 25.0 Å². The number of carbonyl (C=O) groups is 1. The summed E-state index contributed by atoms with van der Waals surface area (Å²) in [7, 11) is 1.73. The first kappa shape index (κ1) is 17.4. The Bertz CT molecular complexity index is 811. The molecule has 1 aliphatic rings. The molecule has 0 aliphatic carbocycles. The first-order chi connectivity index (χ1) is 11.6. The molecule has 1 aromatic carbocycles. The molecule has 1 aliphatic heterocycles. The van der Waals surface area contributed by atoms with Crippen molar-refractivity contribution in [1.82, 2.24) is 9.47 Å². The van der Waals surface area contributed by atoms with Crippen LogP contribution in [0.15, 0.2) is 34.0 Å². The maximum absolute atomic E-state index is 12.5. The minimum atomic E-state index is -0.0884. The first-order valence-electron chi connectivity index (χ1n) is 8.26. The van der Waals surface area contributed by atoms with Gasteiger partial charge in [-0.2, -0.15) is 0 Å². The summed E-state index contributed by atoms with van der Waals surface area (Å²) in [6.07, 6.45) is 4.58.